The van der Waals surface area contributed by atoms with E-state index in [1.807, 2.05) is 5.41 Å². The Hall–Kier alpha value is -0.900. The molecule has 1 saturated carbocycles. The van der Waals surface area contributed by atoms with Crippen LogP contribution in [0.2, 0.25) is 0 Å². The van der Waals surface area contributed by atoms with Gasteiger partial charge in [0, 0.05) is 0 Å². The van der Waals surface area contributed by atoms with Crippen LogP contribution >= 0.6 is 11.8 Å². The van der Waals surface area contributed by atoms with Crippen LogP contribution in [0.25, 0.3) is 0 Å². The fourth-order valence-electron chi connectivity index (χ4n) is 1.96. The van der Waals surface area contributed by atoms with Gasteiger partial charge in [-0.25, -0.2) is 4.79 Å². The molecule has 0 saturated heterocycles. The zero-order valence-electron chi connectivity index (χ0n) is 11.3. The first-order valence-electron chi connectivity index (χ1n) is 6.60. The van der Waals surface area contributed by atoms with Gasteiger partial charge >= 0.3 is 6.09 Å². The molecule has 4 heteroatoms. The average Bonchev–Trinajstić information content (AvgIpc) is 2.79. The quantitative estimate of drug-likeness (QED) is 0.768. The molecule has 0 aromatic carbocycles. The Morgan fingerprint density at radius 3 is 2.78 bits per heavy atom. The smallest absolute Gasteiger partial charge is 0.412 e. The van der Waals surface area contributed by atoms with Crippen LogP contribution < -0.4 is 5.32 Å². The van der Waals surface area contributed by atoms with E-state index in [1.54, 1.807) is 0 Å². The maximum atomic E-state index is 11.6. The lowest BCUT2D eigenvalue weighted by molar-refractivity contribution is 0.104. The molecular formula is C14H23NO2S. The van der Waals surface area contributed by atoms with Crippen LogP contribution in [0.4, 0.5) is 4.79 Å². The highest BCUT2D eigenvalue weighted by Gasteiger charge is 2.19. The number of carbonyl (C=O) groups is 1. The van der Waals surface area contributed by atoms with Crippen molar-refractivity contribution in [1.29, 1.82) is 0 Å². The molecule has 1 aliphatic rings. The van der Waals surface area contributed by atoms with Crippen molar-refractivity contribution < 1.29 is 9.53 Å². The first-order chi connectivity index (χ1) is 8.61. The number of allylic oxidation sites excluding steroid dienone is 1. The van der Waals surface area contributed by atoms with Gasteiger partial charge in [0.15, 0.2) is 0 Å². The zero-order chi connectivity index (χ0) is 13.4. The van der Waals surface area contributed by atoms with Crippen LogP contribution in [-0.4, -0.2) is 12.2 Å². The van der Waals surface area contributed by atoms with Crippen molar-refractivity contribution >= 4 is 17.9 Å². The van der Waals surface area contributed by atoms with Gasteiger partial charge in [0.25, 0.3) is 0 Å². The molecule has 0 aromatic heterocycles. The van der Waals surface area contributed by atoms with Crippen molar-refractivity contribution in [2.24, 2.45) is 0 Å². The Labute approximate surface area is 114 Å². The molecule has 0 spiro atoms. The second kappa shape index (κ2) is 8.25. The molecule has 1 N–H and O–H groups in total. The summed E-state index contributed by atoms with van der Waals surface area (Å²) in [5.74, 6) is 0. The lowest BCUT2D eigenvalue weighted by atomic mass is 10.2. The Bertz CT molecular complexity index is 320. The third-order valence-corrected chi connectivity index (χ3v) is 3.77. The molecular weight excluding hydrogens is 246 g/mol. The number of amides is 1. The van der Waals surface area contributed by atoms with Crippen LogP contribution in [0.3, 0.4) is 0 Å². The fraction of sp³-hybridized carbons (Fsp3) is 0.643. The van der Waals surface area contributed by atoms with Gasteiger partial charge in [-0.1, -0.05) is 37.3 Å². The summed E-state index contributed by atoms with van der Waals surface area (Å²) in [6.07, 6.45) is 6.23. The summed E-state index contributed by atoms with van der Waals surface area (Å²) in [6.45, 7) is 8.04. The van der Waals surface area contributed by atoms with Crippen LogP contribution in [0.15, 0.2) is 22.6 Å². The maximum absolute atomic E-state index is 11.6. The predicted molar refractivity (Wildman–Crippen MR) is 77.3 cm³/mol. The Balaban J connectivity index is 2.22. The summed E-state index contributed by atoms with van der Waals surface area (Å²) < 4.78 is 5.29. The molecule has 0 radical (unpaired) electrons. The number of nitrogens with one attached hydrogen (secondary N) is 1. The summed E-state index contributed by atoms with van der Waals surface area (Å²) in [5, 5.41) is 5.32. The third-order valence-electron chi connectivity index (χ3n) is 2.86. The predicted octanol–water partition coefficient (Wildman–Crippen LogP) is 4.56. The Morgan fingerprint density at radius 1 is 1.50 bits per heavy atom. The van der Waals surface area contributed by atoms with E-state index in [4.69, 9.17) is 4.74 Å². The van der Waals surface area contributed by atoms with Gasteiger partial charge in [-0.2, -0.15) is 0 Å². The SMILES string of the molecule is C=C(NC(=O)OC1CCCC1)S/C=C(/C)CCC. The van der Waals surface area contributed by atoms with Gasteiger partial charge in [-0.15, -0.1) is 0 Å². The van der Waals surface area contributed by atoms with Crippen molar-refractivity contribution in [2.45, 2.75) is 58.5 Å². The highest BCUT2D eigenvalue weighted by atomic mass is 32.2. The summed E-state index contributed by atoms with van der Waals surface area (Å²) in [4.78, 5) is 11.6. The standard InChI is InChI=1S/C14H23NO2S/c1-4-7-11(2)10-18-12(3)15-14(16)17-13-8-5-6-9-13/h10,13H,3-9H2,1-2H3,(H,15,16)/b11-10-. The molecule has 102 valence electrons. The lowest BCUT2D eigenvalue weighted by Crippen LogP contribution is -2.25. The molecule has 0 aromatic rings. The molecule has 0 unspecified atom stereocenters. The topological polar surface area (TPSA) is 38.3 Å². The molecule has 1 rings (SSSR count). The molecule has 3 nitrogen and oxygen atoms in total. The van der Waals surface area contributed by atoms with Crippen molar-refractivity contribution in [3.8, 4) is 0 Å². The van der Waals surface area contributed by atoms with E-state index in [2.05, 4.69) is 25.7 Å². The van der Waals surface area contributed by atoms with Crippen molar-refractivity contribution in [1.82, 2.24) is 5.32 Å². The largest absolute Gasteiger partial charge is 0.446 e. The Morgan fingerprint density at radius 2 is 2.17 bits per heavy atom. The summed E-state index contributed by atoms with van der Waals surface area (Å²) in [7, 11) is 0. The van der Waals surface area contributed by atoms with E-state index >= 15 is 0 Å². The maximum Gasteiger partial charge on any atom is 0.412 e. The fourth-order valence-corrected chi connectivity index (χ4v) is 2.56. The van der Waals surface area contributed by atoms with Gasteiger partial charge in [-0.3, -0.25) is 5.32 Å². The minimum absolute atomic E-state index is 0.0974. The monoisotopic (exact) mass is 269 g/mol. The summed E-state index contributed by atoms with van der Waals surface area (Å²) in [6, 6.07) is 0. The number of alkyl carbamates (subject to hydrolysis) is 1. The van der Waals surface area contributed by atoms with Gasteiger partial charge in [0.2, 0.25) is 0 Å². The van der Waals surface area contributed by atoms with Crippen LogP contribution in [0.5, 0.6) is 0 Å². The molecule has 0 heterocycles. The van der Waals surface area contributed by atoms with Gasteiger partial charge in [0.1, 0.15) is 6.10 Å². The second-order valence-corrected chi connectivity index (χ2v) is 5.66. The lowest BCUT2D eigenvalue weighted by Gasteiger charge is -2.12. The molecule has 1 amide bonds. The number of hydrogen-bond acceptors (Lipinski definition) is 3. The molecule has 18 heavy (non-hydrogen) atoms. The summed E-state index contributed by atoms with van der Waals surface area (Å²) in [5.41, 5.74) is 1.30. The van der Waals surface area contributed by atoms with Crippen LogP contribution in [0.1, 0.15) is 52.4 Å². The van der Waals surface area contributed by atoms with Gasteiger partial charge in [-0.05, 0) is 44.4 Å². The number of ether oxygens (including phenoxy) is 1. The zero-order valence-corrected chi connectivity index (χ0v) is 12.1. The molecule has 1 fully saturated rings. The first-order valence-corrected chi connectivity index (χ1v) is 7.48. The van der Waals surface area contributed by atoms with Crippen molar-refractivity contribution in [2.75, 3.05) is 0 Å². The molecule has 0 bridgehead atoms. The van der Waals surface area contributed by atoms with Crippen molar-refractivity contribution in [3.05, 3.63) is 22.6 Å². The van der Waals surface area contributed by atoms with E-state index in [0.717, 1.165) is 38.5 Å². The van der Waals surface area contributed by atoms with Crippen LogP contribution in [0, 0.1) is 0 Å². The minimum Gasteiger partial charge on any atom is -0.446 e. The number of hydrogen-bond donors (Lipinski definition) is 1. The van der Waals surface area contributed by atoms with Gasteiger partial charge in [0.05, 0.1) is 5.03 Å². The van der Waals surface area contributed by atoms with Crippen molar-refractivity contribution in [3.63, 3.8) is 0 Å². The Kier molecular flexibility index (Phi) is 6.94. The van der Waals surface area contributed by atoms with E-state index in [-0.39, 0.29) is 12.2 Å². The second-order valence-electron chi connectivity index (χ2n) is 4.69. The van der Waals surface area contributed by atoms with E-state index in [0.29, 0.717) is 5.03 Å². The highest BCUT2D eigenvalue weighted by molar-refractivity contribution is 8.05. The normalized spacial score (nSPS) is 16.7. The first kappa shape index (κ1) is 15.2. The van der Waals surface area contributed by atoms with Gasteiger partial charge < -0.3 is 4.74 Å². The van der Waals surface area contributed by atoms with E-state index in [9.17, 15) is 4.79 Å². The molecule has 0 aliphatic heterocycles. The number of carbonyl (C=O) groups excluding carboxylic acids is 1. The number of thioether (sulfide) groups is 1. The highest BCUT2D eigenvalue weighted by Crippen LogP contribution is 2.22. The molecule has 0 atom stereocenters. The minimum atomic E-state index is -0.374. The van der Waals surface area contributed by atoms with Crippen LogP contribution in [-0.2, 0) is 4.74 Å². The average molecular weight is 269 g/mol. The number of rotatable bonds is 6. The van der Waals surface area contributed by atoms with E-state index < -0.39 is 0 Å². The van der Waals surface area contributed by atoms with E-state index in [1.165, 1.54) is 17.3 Å². The third kappa shape index (κ3) is 6.15. The molecule has 1 aliphatic carbocycles. The summed E-state index contributed by atoms with van der Waals surface area (Å²) >= 11 is 1.44.